The zero-order chi connectivity index (χ0) is 19.3. The van der Waals surface area contributed by atoms with Crippen molar-refractivity contribution in [3.05, 3.63) is 59.1 Å². The van der Waals surface area contributed by atoms with Crippen LogP contribution in [0.4, 0.5) is 11.4 Å². The summed E-state index contributed by atoms with van der Waals surface area (Å²) in [5, 5.41) is 0.813. The van der Waals surface area contributed by atoms with Crippen molar-refractivity contribution >= 4 is 23.0 Å². The van der Waals surface area contributed by atoms with Gasteiger partial charge in [0.25, 0.3) is 0 Å². The second kappa shape index (κ2) is 9.17. The second-order valence-electron chi connectivity index (χ2n) is 8.03. The maximum atomic E-state index is 6.18. The highest BCUT2D eigenvalue weighted by Gasteiger charge is 2.22. The van der Waals surface area contributed by atoms with Gasteiger partial charge in [0, 0.05) is 57.4 Å². The Hall–Kier alpha value is -1.75. The number of nitrogens with zero attached hydrogens (tertiary/aromatic N) is 4. The van der Waals surface area contributed by atoms with Crippen LogP contribution in [0.2, 0.25) is 5.02 Å². The molecule has 0 amide bonds. The topological polar surface area (TPSA) is 13.0 Å². The van der Waals surface area contributed by atoms with Crippen molar-refractivity contribution in [2.45, 2.75) is 13.0 Å². The smallest absolute Gasteiger partial charge is 0.0607 e. The lowest BCUT2D eigenvalue weighted by Gasteiger charge is -2.39. The lowest BCUT2D eigenvalue weighted by molar-refractivity contribution is 0.153. The van der Waals surface area contributed by atoms with Crippen LogP contribution in [-0.4, -0.2) is 69.2 Å². The molecule has 0 N–H and O–H groups in total. The number of hydrogen-bond donors (Lipinski definition) is 0. The van der Waals surface area contributed by atoms with Gasteiger partial charge in [-0.3, -0.25) is 0 Å². The van der Waals surface area contributed by atoms with Crippen molar-refractivity contribution in [1.29, 1.82) is 0 Å². The maximum Gasteiger partial charge on any atom is 0.0607 e. The number of para-hydroxylation sites is 2. The van der Waals surface area contributed by atoms with E-state index in [0.29, 0.717) is 0 Å². The van der Waals surface area contributed by atoms with Gasteiger partial charge >= 0.3 is 0 Å². The standard InChI is InChI=1S/C23H31ClN4/c1-25-12-14-26(15-13-25)10-5-11-27-16-17-28(23-9-3-2-8-22(23)27)19-20-6-4-7-21(24)18-20/h2-4,6-9,18H,5,10-17,19H2,1H3. The summed E-state index contributed by atoms with van der Waals surface area (Å²) in [6.07, 6.45) is 1.23. The molecule has 0 aromatic heterocycles. The Bertz CT molecular complexity index is 773. The van der Waals surface area contributed by atoms with Crippen LogP contribution in [0.5, 0.6) is 0 Å². The van der Waals surface area contributed by atoms with Gasteiger partial charge in [0.15, 0.2) is 0 Å². The molecule has 28 heavy (non-hydrogen) atoms. The average Bonchev–Trinajstić information content (AvgIpc) is 2.71. The van der Waals surface area contributed by atoms with Crippen LogP contribution in [0.25, 0.3) is 0 Å². The summed E-state index contributed by atoms with van der Waals surface area (Å²) in [5.74, 6) is 0. The minimum Gasteiger partial charge on any atom is -0.368 e. The molecule has 0 spiro atoms. The molecule has 4 rings (SSSR count). The van der Waals surface area contributed by atoms with Gasteiger partial charge in [-0.15, -0.1) is 0 Å². The van der Waals surface area contributed by atoms with Crippen LogP contribution in [-0.2, 0) is 6.54 Å². The average molecular weight is 399 g/mol. The number of rotatable bonds is 6. The van der Waals surface area contributed by atoms with Crippen molar-refractivity contribution in [3.63, 3.8) is 0 Å². The molecule has 2 aromatic carbocycles. The molecule has 0 radical (unpaired) electrons. The highest BCUT2D eigenvalue weighted by atomic mass is 35.5. The molecule has 0 unspecified atom stereocenters. The summed E-state index contributed by atoms with van der Waals surface area (Å²) in [5.41, 5.74) is 3.98. The van der Waals surface area contributed by atoms with Crippen LogP contribution in [0.3, 0.4) is 0 Å². The number of anilines is 2. The van der Waals surface area contributed by atoms with Crippen LogP contribution in [0.15, 0.2) is 48.5 Å². The summed E-state index contributed by atoms with van der Waals surface area (Å²) in [4.78, 5) is 10.1. The predicted molar refractivity (Wildman–Crippen MR) is 120 cm³/mol. The lowest BCUT2D eigenvalue weighted by Crippen LogP contribution is -2.46. The molecule has 2 heterocycles. The fourth-order valence-corrected chi connectivity index (χ4v) is 4.50. The fraction of sp³-hybridized carbons (Fsp3) is 0.478. The molecule has 0 saturated carbocycles. The van der Waals surface area contributed by atoms with E-state index in [1.807, 2.05) is 12.1 Å². The van der Waals surface area contributed by atoms with E-state index in [2.05, 4.69) is 63.0 Å². The quantitative estimate of drug-likeness (QED) is 0.733. The van der Waals surface area contributed by atoms with Crippen molar-refractivity contribution in [3.8, 4) is 0 Å². The van der Waals surface area contributed by atoms with Crippen LogP contribution < -0.4 is 9.80 Å². The highest BCUT2D eigenvalue weighted by Crippen LogP contribution is 2.34. The van der Waals surface area contributed by atoms with Gasteiger partial charge in [-0.1, -0.05) is 35.9 Å². The number of fused-ring (bicyclic) bond motifs is 1. The van der Waals surface area contributed by atoms with Crippen molar-refractivity contribution in [1.82, 2.24) is 9.80 Å². The number of benzene rings is 2. The van der Waals surface area contributed by atoms with E-state index in [1.54, 1.807) is 0 Å². The van der Waals surface area contributed by atoms with E-state index in [-0.39, 0.29) is 0 Å². The first-order valence-electron chi connectivity index (χ1n) is 10.4. The summed E-state index contributed by atoms with van der Waals surface area (Å²) in [7, 11) is 2.22. The number of likely N-dealkylation sites (N-methyl/N-ethyl adjacent to an activating group) is 1. The largest absolute Gasteiger partial charge is 0.368 e. The van der Waals surface area contributed by atoms with E-state index in [9.17, 15) is 0 Å². The Kier molecular flexibility index (Phi) is 6.40. The Labute approximate surface area is 174 Å². The van der Waals surface area contributed by atoms with Crippen molar-refractivity contribution in [2.24, 2.45) is 0 Å². The Balaban J connectivity index is 1.37. The summed E-state index contributed by atoms with van der Waals surface area (Å²) in [6.45, 7) is 10.2. The number of hydrogen-bond acceptors (Lipinski definition) is 4. The SMILES string of the molecule is CN1CCN(CCCN2CCN(Cc3cccc(Cl)c3)c3ccccc32)CC1. The molecule has 0 aliphatic carbocycles. The molecule has 2 aliphatic rings. The Morgan fingerprint density at radius 2 is 1.50 bits per heavy atom. The van der Waals surface area contributed by atoms with E-state index in [0.717, 1.165) is 31.2 Å². The van der Waals surface area contributed by atoms with Crippen LogP contribution >= 0.6 is 11.6 Å². The molecule has 0 atom stereocenters. The van der Waals surface area contributed by atoms with Gasteiger partial charge < -0.3 is 19.6 Å². The zero-order valence-electron chi connectivity index (χ0n) is 16.9. The maximum absolute atomic E-state index is 6.18. The highest BCUT2D eigenvalue weighted by molar-refractivity contribution is 6.30. The van der Waals surface area contributed by atoms with E-state index in [4.69, 9.17) is 11.6 Å². The molecule has 150 valence electrons. The first kappa shape index (κ1) is 19.6. The summed E-state index contributed by atoms with van der Waals surface area (Å²) < 4.78 is 0. The second-order valence-corrected chi connectivity index (χ2v) is 8.46. The number of halogens is 1. The Morgan fingerprint density at radius 1 is 0.786 bits per heavy atom. The molecular weight excluding hydrogens is 368 g/mol. The molecule has 5 heteroatoms. The monoisotopic (exact) mass is 398 g/mol. The normalized spacial score (nSPS) is 18.4. The Morgan fingerprint density at radius 3 is 2.25 bits per heavy atom. The molecule has 1 saturated heterocycles. The van der Waals surface area contributed by atoms with E-state index >= 15 is 0 Å². The van der Waals surface area contributed by atoms with Crippen LogP contribution in [0, 0.1) is 0 Å². The first-order chi connectivity index (χ1) is 13.7. The third-order valence-corrected chi connectivity index (χ3v) is 6.20. The molecule has 2 aromatic rings. The fourth-order valence-electron chi connectivity index (χ4n) is 4.29. The van der Waals surface area contributed by atoms with E-state index in [1.165, 1.54) is 56.1 Å². The van der Waals surface area contributed by atoms with Crippen molar-refractivity contribution in [2.75, 3.05) is 69.2 Å². The molecule has 4 nitrogen and oxygen atoms in total. The molecule has 1 fully saturated rings. The molecular formula is C23H31ClN4. The third-order valence-electron chi connectivity index (χ3n) is 5.96. The summed E-state index contributed by atoms with van der Waals surface area (Å²) in [6, 6.07) is 17.1. The van der Waals surface area contributed by atoms with Crippen molar-refractivity contribution < 1.29 is 0 Å². The molecule has 2 aliphatic heterocycles. The third kappa shape index (κ3) is 4.80. The van der Waals surface area contributed by atoms with Gasteiger partial charge in [-0.2, -0.15) is 0 Å². The molecule has 0 bridgehead atoms. The zero-order valence-corrected chi connectivity index (χ0v) is 17.6. The van der Waals surface area contributed by atoms with E-state index < -0.39 is 0 Å². The van der Waals surface area contributed by atoms with Gasteiger partial charge in [0.1, 0.15) is 0 Å². The minimum atomic E-state index is 0.813. The van der Waals surface area contributed by atoms with Gasteiger partial charge in [0.2, 0.25) is 0 Å². The van der Waals surface area contributed by atoms with Crippen LogP contribution in [0.1, 0.15) is 12.0 Å². The number of piperazine rings is 1. The van der Waals surface area contributed by atoms with Gasteiger partial charge in [0.05, 0.1) is 11.4 Å². The first-order valence-corrected chi connectivity index (χ1v) is 10.8. The lowest BCUT2D eigenvalue weighted by atomic mass is 10.1. The predicted octanol–water partition coefficient (Wildman–Crippen LogP) is 3.80. The van der Waals surface area contributed by atoms with Gasteiger partial charge in [-0.05, 0) is 49.8 Å². The van der Waals surface area contributed by atoms with Gasteiger partial charge in [-0.25, -0.2) is 0 Å². The summed E-state index contributed by atoms with van der Waals surface area (Å²) >= 11 is 6.18. The minimum absolute atomic E-state index is 0.813.